The minimum atomic E-state index is -0.192. The van der Waals surface area contributed by atoms with Gasteiger partial charge in [-0.05, 0) is 25.5 Å². The van der Waals surface area contributed by atoms with Crippen LogP contribution in [0.15, 0.2) is 24.4 Å². The van der Waals surface area contributed by atoms with Crippen LogP contribution in [0.4, 0.5) is 5.82 Å². The molecule has 20 heavy (non-hydrogen) atoms. The van der Waals surface area contributed by atoms with Crippen molar-refractivity contribution in [3.8, 4) is 0 Å². The maximum Gasteiger partial charge on any atom is 0.270 e. The molecule has 6 heteroatoms. The lowest BCUT2D eigenvalue weighted by atomic mass is 10.3. The SMILES string of the molecule is CCc1cnc(C(C)NC(=O)c2cccc(NC)n2)s1. The monoisotopic (exact) mass is 290 g/mol. The van der Waals surface area contributed by atoms with Crippen LogP contribution in [0.25, 0.3) is 0 Å². The van der Waals surface area contributed by atoms with Crippen LogP contribution in [0.2, 0.25) is 0 Å². The predicted octanol–water partition coefficient (Wildman–Crippen LogP) is 2.63. The third-order valence-corrected chi connectivity index (χ3v) is 4.20. The van der Waals surface area contributed by atoms with Gasteiger partial charge in [0, 0.05) is 18.1 Å². The van der Waals surface area contributed by atoms with Crippen LogP contribution in [0, 0.1) is 0 Å². The summed E-state index contributed by atoms with van der Waals surface area (Å²) in [4.78, 5) is 21.9. The van der Waals surface area contributed by atoms with E-state index in [0.29, 0.717) is 11.5 Å². The number of aromatic nitrogens is 2. The smallest absolute Gasteiger partial charge is 0.270 e. The standard InChI is InChI=1S/C14H18N4OS/c1-4-10-8-16-14(20-10)9(2)17-13(19)11-6-5-7-12(15-3)18-11/h5-9H,4H2,1-3H3,(H,15,18)(H,17,19). The van der Waals surface area contributed by atoms with E-state index >= 15 is 0 Å². The Morgan fingerprint density at radius 1 is 1.45 bits per heavy atom. The van der Waals surface area contributed by atoms with Gasteiger partial charge in [-0.25, -0.2) is 9.97 Å². The average Bonchev–Trinajstić information content (AvgIpc) is 2.96. The van der Waals surface area contributed by atoms with Crippen molar-refractivity contribution in [2.24, 2.45) is 0 Å². The molecule has 2 N–H and O–H groups in total. The summed E-state index contributed by atoms with van der Waals surface area (Å²) < 4.78 is 0. The summed E-state index contributed by atoms with van der Waals surface area (Å²) in [5.74, 6) is 0.482. The first kappa shape index (κ1) is 14.5. The number of aryl methyl sites for hydroxylation is 1. The number of anilines is 1. The average molecular weight is 290 g/mol. The van der Waals surface area contributed by atoms with Crippen LogP contribution >= 0.6 is 11.3 Å². The fourth-order valence-electron chi connectivity index (χ4n) is 1.72. The summed E-state index contributed by atoms with van der Waals surface area (Å²) in [5, 5.41) is 6.75. The van der Waals surface area contributed by atoms with Gasteiger partial charge in [-0.3, -0.25) is 4.79 Å². The van der Waals surface area contributed by atoms with E-state index < -0.39 is 0 Å². The normalized spacial score (nSPS) is 11.9. The first-order valence-electron chi connectivity index (χ1n) is 6.54. The van der Waals surface area contributed by atoms with E-state index in [9.17, 15) is 4.79 Å². The molecule has 106 valence electrons. The summed E-state index contributed by atoms with van der Waals surface area (Å²) in [7, 11) is 1.77. The van der Waals surface area contributed by atoms with Crippen LogP contribution < -0.4 is 10.6 Å². The highest BCUT2D eigenvalue weighted by Crippen LogP contribution is 2.20. The lowest BCUT2D eigenvalue weighted by Crippen LogP contribution is -2.27. The zero-order valence-corrected chi connectivity index (χ0v) is 12.6. The Morgan fingerprint density at radius 3 is 2.90 bits per heavy atom. The molecule has 2 aromatic heterocycles. The Morgan fingerprint density at radius 2 is 2.25 bits per heavy atom. The predicted molar refractivity (Wildman–Crippen MR) is 81.2 cm³/mol. The molecule has 0 saturated carbocycles. The van der Waals surface area contributed by atoms with Crippen molar-refractivity contribution in [2.75, 3.05) is 12.4 Å². The Hall–Kier alpha value is -1.95. The zero-order chi connectivity index (χ0) is 14.5. The first-order chi connectivity index (χ1) is 9.63. The van der Waals surface area contributed by atoms with Crippen LogP contribution in [0.1, 0.15) is 40.3 Å². The highest BCUT2D eigenvalue weighted by Gasteiger charge is 2.15. The van der Waals surface area contributed by atoms with Crippen molar-refractivity contribution in [3.63, 3.8) is 0 Å². The second-order valence-electron chi connectivity index (χ2n) is 4.37. The number of pyridine rings is 1. The van der Waals surface area contributed by atoms with E-state index in [0.717, 1.165) is 11.4 Å². The number of amides is 1. The molecule has 0 bridgehead atoms. The van der Waals surface area contributed by atoms with E-state index in [1.807, 2.05) is 19.2 Å². The summed E-state index contributed by atoms with van der Waals surface area (Å²) in [6.07, 6.45) is 2.83. The minimum Gasteiger partial charge on any atom is -0.373 e. The third kappa shape index (κ3) is 3.33. The van der Waals surface area contributed by atoms with Crippen LogP contribution in [-0.4, -0.2) is 22.9 Å². The second kappa shape index (κ2) is 6.47. The molecule has 0 fully saturated rings. The molecule has 0 aromatic carbocycles. The van der Waals surface area contributed by atoms with Crippen LogP contribution in [0.5, 0.6) is 0 Å². The molecular weight excluding hydrogens is 272 g/mol. The second-order valence-corrected chi connectivity index (χ2v) is 5.52. The van der Waals surface area contributed by atoms with Gasteiger partial charge in [-0.15, -0.1) is 11.3 Å². The molecule has 2 rings (SSSR count). The topological polar surface area (TPSA) is 66.9 Å². The number of hydrogen-bond acceptors (Lipinski definition) is 5. The van der Waals surface area contributed by atoms with Crippen molar-refractivity contribution in [1.29, 1.82) is 0 Å². The molecule has 5 nitrogen and oxygen atoms in total. The highest BCUT2D eigenvalue weighted by atomic mass is 32.1. The maximum atomic E-state index is 12.1. The molecule has 1 atom stereocenters. The Balaban J connectivity index is 2.06. The lowest BCUT2D eigenvalue weighted by Gasteiger charge is -2.11. The Labute approximate surface area is 122 Å². The lowest BCUT2D eigenvalue weighted by molar-refractivity contribution is 0.0935. The molecule has 0 aliphatic heterocycles. The van der Waals surface area contributed by atoms with Crippen molar-refractivity contribution in [2.45, 2.75) is 26.3 Å². The first-order valence-corrected chi connectivity index (χ1v) is 7.36. The van der Waals surface area contributed by atoms with E-state index in [2.05, 4.69) is 27.5 Å². The molecule has 0 radical (unpaired) electrons. The summed E-state index contributed by atoms with van der Waals surface area (Å²) >= 11 is 1.63. The number of carbonyl (C=O) groups is 1. The Kier molecular flexibility index (Phi) is 4.68. The summed E-state index contributed by atoms with van der Waals surface area (Å²) in [5.41, 5.74) is 0.399. The van der Waals surface area contributed by atoms with Gasteiger partial charge in [0.05, 0.1) is 6.04 Å². The largest absolute Gasteiger partial charge is 0.373 e. The zero-order valence-electron chi connectivity index (χ0n) is 11.8. The summed E-state index contributed by atoms with van der Waals surface area (Å²) in [6, 6.07) is 5.20. The molecule has 2 heterocycles. The van der Waals surface area contributed by atoms with Gasteiger partial charge in [0.2, 0.25) is 0 Å². The van der Waals surface area contributed by atoms with Gasteiger partial charge in [0.15, 0.2) is 0 Å². The van der Waals surface area contributed by atoms with Crippen molar-refractivity contribution in [3.05, 3.63) is 40.0 Å². The molecule has 1 unspecified atom stereocenters. The van der Waals surface area contributed by atoms with Gasteiger partial charge in [-0.2, -0.15) is 0 Å². The van der Waals surface area contributed by atoms with E-state index in [4.69, 9.17) is 0 Å². The molecule has 2 aromatic rings. The fourth-order valence-corrected chi connectivity index (χ4v) is 2.58. The van der Waals surface area contributed by atoms with Gasteiger partial charge in [-0.1, -0.05) is 13.0 Å². The molecule has 0 aliphatic rings. The van der Waals surface area contributed by atoms with Gasteiger partial charge in [0.25, 0.3) is 5.91 Å². The third-order valence-electron chi connectivity index (χ3n) is 2.88. The Bertz CT molecular complexity index is 596. The quantitative estimate of drug-likeness (QED) is 0.888. The van der Waals surface area contributed by atoms with Crippen LogP contribution in [0.3, 0.4) is 0 Å². The molecule has 1 amide bonds. The van der Waals surface area contributed by atoms with Gasteiger partial charge >= 0.3 is 0 Å². The molecular formula is C14H18N4OS. The van der Waals surface area contributed by atoms with Gasteiger partial charge < -0.3 is 10.6 Å². The molecule has 0 aliphatic carbocycles. The van der Waals surface area contributed by atoms with E-state index in [-0.39, 0.29) is 11.9 Å². The van der Waals surface area contributed by atoms with E-state index in [1.165, 1.54) is 4.88 Å². The van der Waals surface area contributed by atoms with Crippen molar-refractivity contribution >= 4 is 23.1 Å². The fraction of sp³-hybridized carbons (Fsp3) is 0.357. The minimum absolute atomic E-state index is 0.118. The summed E-state index contributed by atoms with van der Waals surface area (Å²) in [6.45, 7) is 4.02. The molecule has 0 saturated heterocycles. The number of nitrogens with one attached hydrogen (secondary N) is 2. The molecule has 0 spiro atoms. The van der Waals surface area contributed by atoms with E-state index in [1.54, 1.807) is 30.5 Å². The number of hydrogen-bond donors (Lipinski definition) is 2. The number of rotatable bonds is 5. The number of carbonyl (C=O) groups excluding carboxylic acids is 1. The van der Waals surface area contributed by atoms with Crippen LogP contribution in [-0.2, 0) is 6.42 Å². The number of nitrogens with zero attached hydrogens (tertiary/aromatic N) is 2. The van der Waals surface area contributed by atoms with Crippen molar-refractivity contribution < 1.29 is 4.79 Å². The highest BCUT2D eigenvalue weighted by molar-refractivity contribution is 7.11. The number of thiazole rings is 1. The van der Waals surface area contributed by atoms with Gasteiger partial charge in [0.1, 0.15) is 16.5 Å². The van der Waals surface area contributed by atoms with Crippen molar-refractivity contribution in [1.82, 2.24) is 15.3 Å². The maximum absolute atomic E-state index is 12.1.